The standard InChI is InChI=1S/C19H23N5O4/c1-11(12-4-3-5-13(6-12)27-2)23-18-17-19(21-9-20-18)24(10-22-17)16-7-14(26)15(8-25)28-16/h3-6,9-11,14-16,25-26H,7-8H2,1-2H3,(H,20,21,23)/t11-,14?,15+,16+/m0/s1. The smallest absolute Gasteiger partial charge is 0.167 e. The number of hydrogen-bond acceptors (Lipinski definition) is 8. The zero-order valence-corrected chi connectivity index (χ0v) is 15.7. The van der Waals surface area contributed by atoms with Gasteiger partial charge in [0, 0.05) is 6.42 Å². The number of aromatic nitrogens is 4. The lowest BCUT2D eigenvalue weighted by molar-refractivity contribution is -0.0432. The Morgan fingerprint density at radius 3 is 2.96 bits per heavy atom. The molecule has 1 unspecified atom stereocenters. The minimum Gasteiger partial charge on any atom is -0.497 e. The van der Waals surface area contributed by atoms with E-state index < -0.39 is 18.4 Å². The number of ether oxygens (including phenoxy) is 2. The van der Waals surface area contributed by atoms with Crippen molar-refractivity contribution in [1.82, 2.24) is 19.5 Å². The van der Waals surface area contributed by atoms with Crippen molar-refractivity contribution in [2.75, 3.05) is 19.0 Å². The Balaban J connectivity index is 1.60. The topological polar surface area (TPSA) is 115 Å². The van der Waals surface area contributed by atoms with Crippen LogP contribution < -0.4 is 10.1 Å². The van der Waals surface area contributed by atoms with Gasteiger partial charge >= 0.3 is 0 Å². The van der Waals surface area contributed by atoms with Gasteiger partial charge in [-0.05, 0) is 24.6 Å². The highest BCUT2D eigenvalue weighted by Gasteiger charge is 2.35. The van der Waals surface area contributed by atoms with Crippen LogP contribution in [0.25, 0.3) is 11.2 Å². The maximum absolute atomic E-state index is 10.00. The summed E-state index contributed by atoms with van der Waals surface area (Å²) in [5, 5.41) is 22.7. The first-order chi connectivity index (χ1) is 13.6. The van der Waals surface area contributed by atoms with Crippen LogP contribution in [0.3, 0.4) is 0 Å². The summed E-state index contributed by atoms with van der Waals surface area (Å²) in [5.74, 6) is 1.40. The van der Waals surface area contributed by atoms with E-state index in [-0.39, 0.29) is 12.6 Å². The monoisotopic (exact) mass is 385 g/mol. The van der Waals surface area contributed by atoms with E-state index in [1.165, 1.54) is 6.33 Å². The number of benzene rings is 1. The molecule has 1 aliphatic rings. The van der Waals surface area contributed by atoms with Gasteiger partial charge in [-0.25, -0.2) is 15.0 Å². The molecule has 1 saturated heterocycles. The van der Waals surface area contributed by atoms with Gasteiger partial charge in [-0.15, -0.1) is 0 Å². The van der Waals surface area contributed by atoms with Crippen LogP contribution >= 0.6 is 0 Å². The molecule has 4 atom stereocenters. The SMILES string of the molecule is COc1cccc([C@H](C)Nc2ncnc3c2ncn3[C@H]2CC(O)[C@@H](CO)O2)c1. The van der Waals surface area contributed by atoms with Crippen LogP contribution in [0.2, 0.25) is 0 Å². The number of anilines is 1. The zero-order chi connectivity index (χ0) is 19.7. The number of methoxy groups -OCH3 is 1. The highest BCUT2D eigenvalue weighted by molar-refractivity contribution is 5.82. The lowest BCUT2D eigenvalue weighted by Gasteiger charge is -2.16. The van der Waals surface area contributed by atoms with Gasteiger partial charge in [0.2, 0.25) is 0 Å². The van der Waals surface area contributed by atoms with Gasteiger partial charge in [0.05, 0.1) is 32.2 Å². The molecule has 2 aromatic heterocycles. The minimum atomic E-state index is -0.722. The number of aliphatic hydroxyl groups excluding tert-OH is 2. The number of nitrogens with one attached hydrogen (secondary N) is 1. The van der Waals surface area contributed by atoms with Gasteiger partial charge in [-0.1, -0.05) is 12.1 Å². The lowest BCUT2D eigenvalue weighted by Crippen LogP contribution is -2.24. The quantitative estimate of drug-likeness (QED) is 0.587. The molecule has 0 amide bonds. The zero-order valence-electron chi connectivity index (χ0n) is 15.7. The second kappa shape index (κ2) is 7.70. The average molecular weight is 385 g/mol. The Bertz CT molecular complexity index is 962. The predicted octanol–water partition coefficient (Wildman–Crippen LogP) is 1.65. The molecular formula is C19H23N5O4. The Kier molecular flexibility index (Phi) is 5.12. The number of aliphatic hydroxyl groups is 2. The van der Waals surface area contributed by atoms with E-state index in [4.69, 9.17) is 9.47 Å². The summed E-state index contributed by atoms with van der Waals surface area (Å²) in [5.41, 5.74) is 2.27. The molecule has 0 bridgehead atoms. The first-order valence-electron chi connectivity index (χ1n) is 9.13. The molecule has 9 heteroatoms. The first kappa shape index (κ1) is 18.6. The fourth-order valence-corrected chi connectivity index (χ4v) is 3.42. The van der Waals surface area contributed by atoms with Gasteiger partial charge in [0.1, 0.15) is 24.4 Å². The van der Waals surface area contributed by atoms with E-state index in [1.807, 2.05) is 31.2 Å². The molecular weight excluding hydrogens is 362 g/mol. The average Bonchev–Trinajstić information content (AvgIpc) is 3.31. The third-order valence-electron chi connectivity index (χ3n) is 5.00. The van der Waals surface area contributed by atoms with Gasteiger partial charge < -0.3 is 25.0 Å². The van der Waals surface area contributed by atoms with Crippen molar-refractivity contribution < 1.29 is 19.7 Å². The van der Waals surface area contributed by atoms with E-state index in [1.54, 1.807) is 18.0 Å². The Hall–Kier alpha value is -2.75. The third kappa shape index (κ3) is 3.39. The fraction of sp³-hybridized carbons (Fsp3) is 0.421. The van der Waals surface area contributed by atoms with E-state index in [0.717, 1.165) is 11.3 Å². The molecule has 3 aromatic rings. The number of nitrogens with zero attached hydrogens (tertiary/aromatic N) is 4. The first-order valence-corrected chi connectivity index (χ1v) is 9.13. The van der Waals surface area contributed by atoms with Crippen LogP contribution in [0.1, 0.15) is 31.2 Å². The summed E-state index contributed by atoms with van der Waals surface area (Å²) in [6.45, 7) is 1.80. The molecule has 4 rings (SSSR count). The molecule has 148 valence electrons. The summed E-state index contributed by atoms with van der Waals surface area (Å²) in [6.07, 6.45) is 1.70. The Morgan fingerprint density at radius 1 is 1.36 bits per heavy atom. The van der Waals surface area contributed by atoms with E-state index in [9.17, 15) is 10.2 Å². The van der Waals surface area contributed by atoms with Crippen LogP contribution in [0.4, 0.5) is 5.82 Å². The van der Waals surface area contributed by atoms with E-state index in [2.05, 4.69) is 20.3 Å². The lowest BCUT2D eigenvalue weighted by atomic mass is 10.1. The Labute approximate surface area is 162 Å². The predicted molar refractivity (Wildman–Crippen MR) is 102 cm³/mol. The number of rotatable bonds is 6. The minimum absolute atomic E-state index is 0.0262. The Morgan fingerprint density at radius 2 is 2.21 bits per heavy atom. The van der Waals surface area contributed by atoms with E-state index >= 15 is 0 Å². The van der Waals surface area contributed by atoms with Gasteiger partial charge in [-0.3, -0.25) is 4.57 Å². The summed E-state index contributed by atoms with van der Waals surface area (Å²) in [6, 6.07) is 7.80. The number of fused-ring (bicyclic) bond motifs is 1. The van der Waals surface area contributed by atoms with Crippen LogP contribution in [0.15, 0.2) is 36.9 Å². The molecule has 1 aliphatic heterocycles. The highest BCUT2D eigenvalue weighted by Crippen LogP contribution is 2.32. The summed E-state index contributed by atoms with van der Waals surface area (Å²) in [7, 11) is 1.64. The summed E-state index contributed by atoms with van der Waals surface area (Å²) >= 11 is 0. The van der Waals surface area contributed by atoms with Gasteiger partial charge in [0.25, 0.3) is 0 Å². The van der Waals surface area contributed by atoms with Crippen molar-refractivity contribution in [2.24, 2.45) is 0 Å². The van der Waals surface area contributed by atoms with Crippen LogP contribution in [0.5, 0.6) is 5.75 Å². The summed E-state index contributed by atoms with van der Waals surface area (Å²) in [4.78, 5) is 13.1. The molecule has 1 fully saturated rings. The molecule has 9 nitrogen and oxygen atoms in total. The van der Waals surface area contributed by atoms with Gasteiger partial charge in [0.15, 0.2) is 17.0 Å². The largest absolute Gasteiger partial charge is 0.497 e. The highest BCUT2D eigenvalue weighted by atomic mass is 16.5. The molecule has 3 N–H and O–H groups in total. The molecule has 0 radical (unpaired) electrons. The molecule has 0 aliphatic carbocycles. The normalized spacial score (nSPS) is 23.1. The summed E-state index contributed by atoms with van der Waals surface area (Å²) < 4.78 is 12.8. The van der Waals surface area contributed by atoms with Crippen LogP contribution in [-0.2, 0) is 4.74 Å². The fourth-order valence-electron chi connectivity index (χ4n) is 3.42. The van der Waals surface area contributed by atoms with Crippen LogP contribution in [0, 0.1) is 0 Å². The molecule has 0 spiro atoms. The van der Waals surface area contributed by atoms with Crippen molar-refractivity contribution in [3.05, 3.63) is 42.5 Å². The van der Waals surface area contributed by atoms with E-state index in [0.29, 0.717) is 23.4 Å². The second-order valence-corrected chi connectivity index (χ2v) is 6.80. The second-order valence-electron chi connectivity index (χ2n) is 6.80. The molecule has 1 aromatic carbocycles. The maximum Gasteiger partial charge on any atom is 0.167 e. The number of hydrogen-bond donors (Lipinski definition) is 3. The molecule has 28 heavy (non-hydrogen) atoms. The van der Waals surface area contributed by atoms with Gasteiger partial charge in [-0.2, -0.15) is 0 Å². The van der Waals surface area contributed by atoms with Crippen molar-refractivity contribution in [3.8, 4) is 5.75 Å². The van der Waals surface area contributed by atoms with Crippen molar-refractivity contribution in [3.63, 3.8) is 0 Å². The molecule has 3 heterocycles. The van der Waals surface area contributed by atoms with Crippen molar-refractivity contribution in [1.29, 1.82) is 0 Å². The number of imidazole rings is 1. The van der Waals surface area contributed by atoms with Crippen molar-refractivity contribution >= 4 is 17.0 Å². The molecule has 0 saturated carbocycles. The van der Waals surface area contributed by atoms with Crippen molar-refractivity contribution in [2.45, 2.75) is 37.8 Å². The maximum atomic E-state index is 10.00. The van der Waals surface area contributed by atoms with Crippen LogP contribution in [-0.4, -0.2) is 55.7 Å². The third-order valence-corrected chi connectivity index (χ3v) is 5.00.